The van der Waals surface area contributed by atoms with Crippen LogP contribution in [0, 0.1) is 3.57 Å². The summed E-state index contributed by atoms with van der Waals surface area (Å²) in [6.45, 7) is 2.13. The molecule has 0 radical (unpaired) electrons. The van der Waals surface area contributed by atoms with Crippen LogP contribution in [0.1, 0.15) is 12.5 Å². The zero-order chi connectivity index (χ0) is 8.72. The van der Waals surface area contributed by atoms with Crippen LogP contribution in [-0.4, -0.2) is 11.0 Å². The maximum atomic E-state index is 6.12. The Morgan fingerprint density at radius 2 is 2.50 bits per heavy atom. The smallest absolute Gasteiger partial charge is 0.130 e. The van der Waals surface area contributed by atoms with Gasteiger partial charge in [-0.25, -0.2) is 4.98 Å². The van der Waals surface area contributed by atoms with E-state index in [1.165, 1.54) is 0 Å². The fourth-order valence-corrected chi connectivity index (χ4v) is 2.09. The van der Waals surface area contributed by atoms with Crippen molar-refractivity contribution in [2.45, 2.75) is 19.4 Å². The van der Waals surface area contributed by atoms with E-state index in [0.717, 1.165) is 26.4 Å². The standard InChI is InChI=1S/C8H8ClIN2/c1-4-2-5-7(9)6(10)3-11-8(5)12-4/h3-4H,2H2,1H3,(H,11,12)/t4-/m1/s1. The lowest BCUT2D eigenvalue weighted by atomic mass is 10.2. The molecule has 1 aromatic heterocycles. The molecule has 2 rings (SSSR count). The van der Waals surface area contributed by atoms with Gasteiger partial charge >= 0.3 is 0 Å². The van der Waals surface area contributed by atoms with Gasteiger partial charge in [-0.1, -0.05) is 11.6 Å². The number of fused-ring (bicyclic) bond motifs is 1. The molecular formula is C8H8ClIN2. The molecule has 2 heterocycles. The van der Waals surface area contributed by atoms with Crippen molar-refractivity contribution in [2.24, 2.45) is 0 Å². The lowest BCUT2D eigenvalue weighted by Crippen LogP contribution is -2.08. The molecular weight excluding hydrogens is 286 g/mol. The highest BCUT2D eigenvalue weighted by Crippen LogP contribution is 2.32. The normalized spacial score (nSPS) is 20.4. The van der Waals surface area contributed by atoms with E-state index < -0.39 is 0 Å². The zero-order valence-corrected chi connectivity index (χ0v) is 9.48. The molecule has 12 heavy (non-hydrogen) atoms. The summed E-state index contributed by atoms with van der Waals surface area (Å²) in [6.07, 6.45) is 2.78. The molecule has 0 unspecified atom stereocenters. The molecule has 0 saturated carbocycles. The molecule has 1 aromatic rings. The van der Waals surface area contributed by atoms with Gasteiger partial charge in [-0.05, 0) is 35.9 Å². The second-order valence-corrected chi connectivity index (χ2v) is 4.54. The van der Waals surface area contributed by atoms with E-state index in [-0.39, 0.29) is 0 Å². The second-order valence-electron chi connectivity index (χ2n) is 3.00. The third-order valence-corrected chi connectivity index (χ3v) is 3.53. The van der Waals surface area contributed by atoms with E-state index >= 15 is 0 Å². The molecule has 2 nitrogen and oxygen atoms in total. The highest BCUT2D eigenvalue weighted by Gasteiger charge is 2.21. The third-order valence-electron chi connectivity index (χ3n) is 1.96. The number of nitrogens with zero attached hydrogens (tertiary/aromatic N) is 1. The second kappa shape index (κ2) is 3.03. The highest BCUT2D eigenvalue weighted by molar-refractivity contribution is 14.1. The Labute approximate surface area is 89.9 Å². The van der Waals surface area contributed by atoms with E-state index in [0.29, 0.717) is 6.04 Å². The van der Waals surface area contributed by atoms with Gasteiger partial charge in [0.1, 0.15) is 5.82 Å². The van der Waals surface area contributed by atoms with Crippen molar-refractivity contribution in [1.82, 2.24) is 4.98 Å². The molecule has 1 aliphatic rings. The number of anilines is 1. The highest BCUT2D eigenvalue weighted by atomic mass is 127. The summed E-state index contributed by atoms with van der Waals surface area (Å²) in [4.78, 5) is 4.27. The van der Waals surface area contributed by atoms with E-state index in [9.17, 15) is 0 Å². The maximum absolute atomic E-state index is 6.12. The van der Waals surface area contributed by atoms with Crippen molar-refractivity contribution in [2.75, 3.05) is 5.32 Å². The minimum absolute atomic E-state index is 0.461. The Balaban J connectivity index is 2.54. The molecule has 0 spiro atoms. The Morgan fingerprint density at radius 3 is 3.25 bits per heavy atom. The first kappa shape index (κ1) is 8.56. The molecule has 0 aliphatic carbocycles. The minimum Gasteiger partial charge on any atom is -0.367 e. The van der Waals surface area contributed by atoms with Gasteiger partial charge in [-0.3, -0.25) is 0 Å². The number of pyridine rings is 1. The van der Waals surface area contributed by atoms with Crippen molar-refractivity contribution in [1.29, 1.82) is 0 Å². The van der Waals surface area contributed by atoms with Crippen LogP contribution in [0.4, 0.5) is 5.82 Å². The largest absolute Gasteiger partial charge is 0.367 e. The number of rotatable bonds is 0. The lowest BCUT2D eigenvalue weighted by molar-refractivity contribution is 0.838. The maximum Gasteiger partial charge on any atom is 0.130 e. The molecule has 1 atom stereocenters. The first-order valence-corrected chi connectivity index (χ1v) is 5.23. The van der Waals surface area contributed by atoms with Crippen molar-refractivity contribution >= 4 is 40.0 Å². The van der Waals surface area contributed by atoms with E-state index in [2.05, 4.69) is 39.8 Å². The number of nitrogens with one attached hydrogen (secondary N) is 1. The molecule has 0 fully saturated rings. The first-order valence-electron chi connectivity index (χ1n) is 3.78. The third kappa shape index (κ3) is 1.29. The monoisotopic (exact) mass is 294 g/mol. The van der Waals surface area contributed by atoms with E-state index in [4.69, 9.17) is 11.6 Å². The summed E-state index contributed by atoms with van der Waals surface area (Å²) >= 11 is 8.32. The van der Waals surface area contributed by atoms with Crippen LogP contribution in [0.15, 0.2) is 6.20 Å². The predicted octanol–water partition coefficient (Wildman–Crippen LogP) is 2.70. The quantitative estimate of drug-likeness (QED) is 0.744. The topological polar surface area (TPSA) is 24.9 Å². The van der Waals surface area contributed by atoms with Gasteiger partial charge in [-0.15, -0.1) is 0 Å². The Bertz CT molecular complexity index is 327. The van der Waals surface area contributed by atoms with Gasteiger partial charge in [0.2, 0.25) is 0 Å². The van der Waals surface area contributed by atoms with Crippen LogP contribution in [0.25, 0.3) is 0 Å². The van der Waals surface area contributed by atoms with Crippen LogP contribution in [-0.2, 0) is 6.42 Å². The van der Waals surface area contributed by atoms with Gasteiger partial charge < -0.3 is 5.32 Å². The van der Waals surface area contributed by atoms with Crippen LogP contribution in [0.5, 0.6) is 0 Å². The van der Waals surface area contributed by atoms with Gasteiger partial charge in [0, 0.05) is 17.8 Å². The zero-order valence-electron chi connectivity index (χ0n) is 6.56. The van der Waals surface area contributed by atoms with Crippen LogP contribution >= 0.6 is 34.2 Å². The Morgan fingerprint density at radius 1 is 1.75 bits per heavy atom. The summed E-state index contributed by atoms with van der Waals surface area (Å²) in [5.41, 5.74) is 1.16. The van der Waals surface area contributed by atoms with Crippen molar-refractivity contribution in [3.63, 3.8) is 0 Å². The molecule has 0 amide bonds. The lowest BCUT2D eigenvalue weighted by Gasteiger charge is -2.01. The van der Waals surface area contributed by atoms with E-state index in [1.54, 1.807) is 6.20 Å². The average Bonchev–Trinajstić information content (AvgIpc) is 2.39. The fraction of sp³-hybridized carbons (Fsp3) is 0.375. The fourth-order valence-electron chi connectivity index (χ4n) is 1.41. The summed E-state index contributed by atoms with van der Waals surface area (Å²) in [7, 11) is 0. The minimum atomic E-state index is 0.461. The molecule has 1 aliphatic heterocycles. The summed E-state index contributed by atoms with van der Waals surface area (Å²) in [5, 5.41) is 4.13. The molecule has 0 aromatic carbocycles. The van der Waals surface area contributed by atoms with Crippen molar-refractivity contribution in [3.05, 3.63) is 20.4 Å². The number of hydrogen-bond acceptors (Lipinski definition) is 2. The number of halogens is 2. The first-order chi connectivity index (χ1) is 5.68. The summed E-state index contributed by atoms with van der Waals surface area (Å²) < 4.78 is 1.03. The van der Waals surface area contributed by atoms with Gasteiger partial charge in [-0.2, -0.15) is 0 Å². The number of hydrogen-bond donors (Lipinski definition) is 1. The van der Waals surface area contributed by atoms with Crippen LogP contribution < -0.4 is 5.32 Å². The van der Waals surface area contributed by atoms with Gasteiger partial charge in [0.15, 0.2) is 0 Å². The summed E-state index contributed by atoms with van der Waals surface area (Å²) in [6, 6.07) is 0.461. The molecule has 1 N–H and O–H groups in total. The molecule has 64 valence electrons. The van der Waals surface area contributed by atoms with Gasteiger partial charge in [0.05, 0.1) is 8.59 Å². The van der Waals surface area contributed by atoms with Crippen LogP contribution in [0.2, 0.25) is 5.02 Å². The van der Waals surface area contributed by atoms with Crippen molar-refractivity contribution < 1.29 is 0 Å². The van der Waals surface area contributed by atoms with Crippen LogP contribution in [0.3, 0.4) is 0 Å². The molecule has 0 saturated heterocycles. The predicted molar refractivity (Wildman–Crippen MR) is 58.8 cm³/mol. The van der Waals surface area contributed by atoms with Gasteiger partial charge in [0.25, 0.3) is 0 Å². The average molecular weight is 295 g/mol. The molecule has 0 bridgehead atoms. The number of aromatic nitrogens is 1. The SMILES string of the molecule is C[C@@H]1Cc2c(ncc(I)c2Cl)N1. The Kier molecular flexibility index (Phi) is 2.16. The molecule has 4 heteroatoms. The summed E-state index contributed by atoms with van der Waals surface area (Å²) in [5.74, 6) is 0.952. The Hall–Kier alpha value is -0.0300. The van der Waals surface area contributed by atoms with E-state index in [1.807, 2.05) is 0 Å². The van der Waals surface area contributed by atoms with Crippen molar-refractivity contribution in [3.8, 4) is 0 Å².